The number of rotatable bonds is 7. The molecule has 0 spiro atoms. The lowest BCUT2D eigenvalue weighted by Crippen LogP contribution is -2.49. The number of allylic oxidation sites excluding steroid dienone is 2. The predicted octanol–water partition coefficient (Wildman–Crippen LogP) is 6.37. The van der Waals surface area contributed by atoms with Crippen LogP contribution >= 0.6 is 0 Å². The monoisotopic (exact) mass is 402 g/mol. The van der Waals surface area contributed by atoms with Gasteiger partial charge in [-0.2, -0.15) is 0 Å². The molecule has 0 amide bonds. The van der Waals surface area contributed by atoms with Gasteiger partial charge in [-0.05, 0) is 78.6 Å². The largest absolute Gasteiger partial charge is 0.481 e. The van der Waals surface area contributed by atoms with Gasteiger partial charge in [-0.25, -0.2) is 0 Å². The molecule has 0 radical (unpaired) electrons. The van der Waals surface area contributed by atoms with E-state index in [9.17, 15) is 14.7 Å². The molecule has 0 bridgehead atoms. The lowest BCUT2D eigenvalue weighted by Gasteiger charge is -2.50. The van der Waals surface area contributed by atoms with E-state index < -0.39 is 5.97 Å². The summed E-state index contributed by atoms with van der Waals surface area (Å²) >= 11 is 0. The van der Waals surface area contributed by atoms with Crippen LogP contribution in [0.4, 0.5) is 0 Å². The smallest absolute Gasteiger partial charge is 0.307 e. The van der Waals surface area contributed by atoms with Gasteiger partial charge in [0.05, 0.1) is 5.92 Å². The third-order valence-electron chi connectivity index (χ3n) is 8.86. The van der Waals surface area contributed by atoms with Crippen molar-refractivity contribution >= 4 is 11.8 Å². The van der Waals surface area contributed by atoms with E-state index in [-0.39, 0.29) is 23.0 Å². The van der Waals surface area contributed by atoms with E-state index in [1.165, 1.54) is 25.7 Å². The third kappa shape index (κ3) is 4.64. The van der Waals surface area contributed by atoms with Crippen LogP contribution in [0.1, 0.15) is 86.0 Å². The molecule has 2 saturated carbocycles. The average Bonchev–Trinajstić information content (AvgIpc) is 3.09. The average molecular weight is 403 g/mol. The zero-order valence-corrected chi connectivity index (χ0v) is 19.2. The minimum Gasteiger partial charge on any atom is -0.481 e. The molecule has 29 heavy (non-hydrogen) atoms. The Hall–Kier alpha value is -1.12. The van der Waals surface area contributed by atoms with Gasteiger partial charge in [-0.1, -0.05) is 60.0 Å². The summed E-state index contributed by atoms with van der Waals surface area (Å²) in [6, 6.07) is 0. The van der Waals surface area contributed by atoms with Gasteiger partial charge in [0, 0.05) is 6.42 Å². The second-order valence-electron chi connectivity index (χ2n) is 11.3. The molecule has 0 aliphatic heterocycles. The number of fused-ring (bicyclic) bond motifs is 1. The summed E-state index contributed by atoms with van der Waals surface area (Å²) < 4.78 is 0. The van der Waals surface area contributed by atoms with Crippen LogP contribution in [0.2, 0.25) is 0 Å². The summed E-state index contributed by atoms with van der Waals surface area (Å²) in [5, 5.41) is 10.3. The molecule has 0 saturated heterocycles. The molecular weight excluding hydrogens is 360 g/mol. The van der Waals surface area contributed by atoms with Crippen molar-refractivity contribution in [2.45, 2.75) is 86.0 Å². The number of ketones is 1. The van der Waals surface area contributed by atoms with Gasteiger partial charge in [0.25, 0.3) is 0 Å². The number of carbonyl (C=O) groups excluding carboxylic acids is 1. The van der Waals surface area contributed by atoms with Crippen molar-refractivity contribution < 1.29 is 14.7 Å². The summed E-state index contributed by atoms with van der Waals surface area (Å²) in [4.78, 5) is 24.2. The van der Waals surface area contributed by atoms with Crippen molar-refractivity contribution in [3.63, 3.8) is 0 Å². The highest BCUT2D eigenvalue weighted by Crippen LogP contribution is 2.59. The fourth-order valence-electron chi connectivity index (χ4n) is 7.27. The first-order chi connectivity index (χ1) is 13.6. The van der Waals surface area contributed by atoms with E-state index >= 15 is 0 Å². The van der Waals surface area contributed by atoms with Crippen molar-refractivity contribution in [2.75, 3.05) is 0 Å². The van der Waals surface area contributed by atoms with Crippen LogP contribution in [0.15, 0.2) is 12.2 Å². The van der Waals surface area contributed by atoms with Crippen molar-refractivity contribution in [2.24, 2.45) is 52.8 Å². The molecule has 3 rings (SSSR count). The van der Waals surface area contributed by atoms with Crippen LogP contribution in [-0.4, -0.2) is 16.9 Å². The van der Waals surface area contributed by atoms with Gasteiger partial charge in [-0.3, -0.25) is 9.59 Å². The van der Waals surface area contributed by atoms with Gasteiger partial charge >= 0.3 is 5.97 Å². The Balaban J connectivity index is 1.78. The first-order valence-corrected chi connectivity index (χ1v) is 12.1. The Kier molecular flexibility index (Phi) is 6.95. The first-order valence-electron chi connectivity index (χ1n) is 12.1. The second kappa shape index (κ2) is 8.94. The van der Waals surface area contributed by atoms with Crippen molar-refractivity contribution in [1.82, 2.24) is 0 Å². The van der Waals surface area contributed by atoms with E-state index in [2.05, 4.69) is 34.6 Å². The number of aliphatic carboxylic acids is 1. The molecule has 3 heteroatoms. The van der Waals surface area contributed by atoms with E-state index in [1.807, 2.05) is 6.08 Å². The van der Waals surface area contributed by atoms with Crippen LogP contribution in [0, 0.1) is 52.8 Å². The van der Waals surface area contributed by atoms with Crippen LogP contribution < -0.4 is 0 Å². The Morgan fingerprint density at radius 3 is 2.55 bits per heavy atom. The Morgan fingerprint density at radius 1 is 1.24 bits per heavy atom. The maximum absolute atomic E-state index is 12.5. The van der Waals surface area contributed by atoms with E-state index in [0.29, 0.717) is 36.0 Å². The number of carbonyl (C=O) groups is 2. The molecule has 164 valence electrons. The zero-order valence-electron chi connectivity index (χ0n) is 19.2. The Morgan fingerprint density at radius 2 is 1.97 bits per heavy atom. The minimum atomic E-state index is -0.600. The summed E-state index contributed by atoms with van der Waals surface area (Å²) in [6.07, 6.45) is 12.3. The fraction of sp³-hybridized carbons (Fsp3) is 0.846. The Labute approximate surface area is 177 Å². The summed E-state index contributed by atoms with van der Waals surface area (Å²) in [5.41, 5.74) is -0.156. The summed E-state index contributed by atoms with van der Waals surface area (Å²) in [6.45, 7) is 11.6. The quantitative estimate of drug-likeness (QED) is 0.538. The van der Waals surface area contributed by atoms with Gasteiger partial charge in [0.2, 0.25) is 0 Å². The molecule has 0 aromatic carbocycles. The van der Waals surface area contributed by atoms with Gasteiger partial charge in [0.1, 0.15) is 0 Å². The van der Waals surface area contributed by atoms with E-state index in [0.717, 1.165) is 25.2 Å². The van der Waals surface area contributed by atoms with Crippen LogP contribution in [-0.2, 0) is 9.59 Å². The summed E-state index contributed by atoms with van der Waals surface area (Å²) in [5.74, 6) is 3.05. The van der Waals surface area contributed by atoms with E-state index in [4.69, 9.17) is 0 Å². The SMILES string of the molecule is CC(C)CCCC(C)C1CCC2C(C(=O)O)C(C3(C)C=CC(=O)CC3)C[C@@H](C)C12. The lowest BCUT2D eigenvalue weighted by atomic mass is 9.53. The maximum Gasteiger partial charge on any atom is 0.307 e. The highest BCUT2D eigenvalue weighted by Gasteiger charge is 2.56. The normalized spacial score (nSPS) is 40.8. The van der Waals surface area contributed by atoms with Gasteiger partial charge < -0.3 is 5.11 Å². The topological polar surface area (TPSA) is 54.4 Å². The molecule has 3 aliphatic rings. The Bertz CT molecular complexity index is 636. The molecule has 0 heterocycles. The number of hydrogen-bond donors (Lipinski definition) is 1. The highest BCUT2D eigenvalue weighted by atomic mass is 16.4. The fourth-order valence-corrected chi connectivity index (χ4v) is 7.27. The number of carboxylic acids is 1. The minimum absolute atomic E-state index is 0.149. The molecule has 8 atom stereocenters. The first kappa shape index (κ1) is 22.6. The molecule has 0 aromatic heterocycles. The van der Waals surface area contributed by atoms with Gasteiger partial charge in [-0.15, -0.1) is 0 Å². The van der Waals surface area contributed by atoms with Crippen LogP contribution in [0.3, 0.4) is 0 Å². The number of hydrogen-bond acceptors (Lipinski definition) is 2. The molecular formula is C26H42O3. The molecule has 3 nitrogen and oxygen atoms in total. The van der Waals surface area contributed by atoms with Gasteiger partial charge in [0.15, 0.2) is 5.78 Å². The molecule has 2 fully saturated rings. The maximum atomic E-state index is 12.5. The summed E-state index contributed by atoms with van der Waals surface area (Å²) in [7, 11) is 0. The zero-order chi connectivity index (χ0) is 21.3. The highest BCUT2D eigenvalue weighted by molar-refractivity contribution is 5.90. The second-order valence-corrected chi connectivity index (χ2v) is 11.3. The van der Waals surface area contributed by atoms with E-state index in [1.54, 1.807) is 6.08 Å². The molecule has 0 aromatic rings. The van der Waals surface area contributed by atoms with Crippen LogP contribution in [0.5, 0.6) is 0 Å². The standard InChI is InChI=1S/C26H42O3/c1-16(2)7-6-8-17(3)20-9-10-21-23(20)18(4)15-22(24(21)25(28)29)26(5)13-11-19(27)12-14-26/h11,13,16-18,20-24H,6-10,12,14-15H2,1-5H3,(H,28,29)/t17?,18-,20?,21?,22?,23?,24?,26?/m1/s1. The van der Waals surface area contributed by atoms with Crippen molar-refractivity contribution in [1.29, 1.82) is 0 Å². The molecule has 1 N–H and O–H groups in total. The lowest BCUT2D eigenvalue weighted by molar-refractivity contribution is -0.154. The van der Waals surface area contributed by atoms with Crippen molar-refractivity contribution in [3.05, 3.63) is 12.2 Å². The molecule has 7 unspecified atom stereocenters. The number of carboxylic acid groups (broad SMARTS) is 1. The van der Waals surface area contributed by atoms with Crippen LogP contribution in [0.25, 0.3) is 0 Å². The third-order valence-corrected chi connectivity index (χ3v) is 8.86. The molecule has 3 aliphatic carbocycles. The predicted molar refractivity (Wildman–Crippen MR) is 117 cm³/mol. The van der Waals surface area contributed by atoms with Crippen molar-refractivity contribution in [3.8, 4) is 0 Å².